The smallest absolute Gasteiger partial charge is 0.272 e. The lowest BCUT2D eigenvalue weighted by atomic mass is 10.3. The third-order valence-electron chi connectivity index (χ3n) is 2.24. The van der Waals surface area contributed by atoms with E-state index in [1.165, 1.54) is 18.3 Å². The van der Waals surface area contributed by atoms with Crippen molar-refractivity contribution in [2.75, 3.05) is 11.1 Å². The van der Waals surface area contributed by atoms with Gasteiger partial charge in [-0.05, 0) is 18.2 Å². The Labute approximate surface area is 97.1 Å². The molecular formula is C11H11FN4O. The number of nitrogens with zero attached hydrogens (tertiary/aromatic N) is 2. The van der Waals surface area contributed by atoms with E-state index in [1.807, 2.05) is 0 Å². The second-order valence-corrected chi connectivity index (χ2v) is 3.59. The monoisotopic (exact) mass is 234 g/mol. The van der Waals surface area contributed by atoms with Crippen LogP contribution < -0.4 is 11.1 Å². The first-order chi connectivity index (χ1) is 8.06. The number of rotatable bonds is 2. The number of carbonyl (C=O) groups excluding carboxylic acids is 1. The van der Waals surface area contributed by atoms with E-state index in [9.17, 15) is 9.18 Å². The van der Waals surface area contributed by atoms with Crippen LogP contribution in [0.3, 0.4) is 0 Å². The van der Waals surface area contributed by atoms with Gasteiger partial charge in [0.1, 0.15) is 5.69 Å². The number of pyridine rings is 1. The van der Waals surface area contributed by atoms with E-state index in [-0.39, 0.29) is 5.91 Å². The lowest BCUT2D eigenvalue weighted by Crippen LogP contribution is -2.15. The zero-order chi connectivity index (χ0) is 12.4. The maximum atomic E-state index is 12.6. The maximum absolute atomic E-state index is 12.6. The number of amides is 1. The van der Waals surface area contributed by atoms with Crippen molar-refractivity contribution in [2.45, 2.75) is 0 Å². The summed E-state index contributed by atoms with van der Waals surface area (Å²) in [5.74, 6) is -0.913. The summed E-state index contributed by atoms with van der Waals surface area (Å²) in [6, 6.07) is 4.17. The Morgan fingerprint density at radius 3 is 2.82 bits per heavy atom. The molecule has 0 atom stereocenters. The molecule has 5 nitrogen and oxygen atoms in total. The zero-order valence-electron chi connectivity index (χ0n) is 9.14. The quantitative estimate of drug-likeness (QED) is 0.771. The topological polar surface area (TPSA) is 72.9 Å². The number of nitrogen functional groups attached to an aromatic ring is 1. The highest BCUT2D eigenvalue weighted by molar-refractivity contribution is 6.03. The molecule has 0 bridgehead atoms. The summed E-state index contributed by atoms with van der Waals surface area (Å²) < 4.78 is 14.2. The fraction of sp³-hybridized carbons (Fsp3) is 0.0909. The van der Waals surface area contributed by atoms with Crippen molar-refractivity contribution in [3.05, 3.63) is 42.2 Å². The van der Waals surface area contributed by atoms with Gasteiger partial charge in [0, 0.05) is 13.2 Å². The van der Waals surface area contributed by atoms with Gasteiger partial charge in [0.25, 0.3) is 5.91 Å². The predicted molar refractivity (Wildman–Crippen MR) is 62.0 cm³/mol. The van der Waals surface area contributed by atoms with Crippen molar-refractivity contribution >= 4 is 17.3 Å². The zero-order valence-corrected chi connectivity index (χ0v) is 9.14. The van der Waals surface area contributed by atoms with Crippen LogP contribution in [0.5, 0.6) is 0 Å². The van der Waals surface area contributed by atoms with Crippen molar-refractivity contribution in [3.8, 4) is 0 Å². The first kappa shape index (κ1) is 11.1. The van der Waals surface area contributed by atoms with Gasteiger partial charge in [-0.1, -0.05) is 0 Å². The number of aryl methyl sites for hydroxylation is 1. The van der Waals surface area contributed by atoms with E-state index in [0.717, 1.165) is 0 Å². The Balaban J connectivity index is 2.17. The van der Waals surface area contributed by atoms with E-state index in [0.29, 0.717) is 17.1 Å². The first-order valence-corrected chi connectivity index (χ1v) is 4.91. The van der Waals surface area contributed by atoms with E-state index in [2.05, 4.69) is 10.3 Å². The summed E-state index contributed by atoms with van der Waals surface area (Å²) in [7, 11) is 1.72. The number of aromatic nitrogens is 2. The van der Waals surface area contributed by atoms with Crippen molar-refractivity contribution in [1.29, 1.82) is 0 Å². The minimum atomic E-state index is -0.592. The van der Waals surface area contributed by atoms with Crippen molar-refractivity contribution < 1.29 is 9.18 Å². The minimum Gasteiger partial charge on any atom is -0.397 e. The minimum absolute atomic E-state index is 0.322. The van der Waals surface area contributed by atoms with Crippen molar-refractivity contribution in [2.24, 2.45) is 7.05 Å². The lowest BCUT2D eigenvalue weighted by Gasteiger charge is -2.05. The average molecular weight is 234 g/mol. The largest absolute Gasteiger partial charge is 0.397 e. The summed E-state index contributed by atoms with van der Waals surface area (Å²) in [6.07, 6.45) is 2.89. The Hall–Kier alpha value is -2.37. The summed E-state index contributed by atoms with van der Waals surface area (Å²) in [5.41, 5.74) is 6.93. The fourth-order valence-corrected chi connectivity index (χ4v) is 1.46. The van der Waals surface area contributed by atoms with Crippen molar-refractivity contribution in [3.63, 3.8) is 0 Å². The molecule has 2 aromatic rings. The van der Waals surface area contributed by atoms with Crippen LogP contribution in [0.1, 0.15) is 10.5 Å². The molecule has 2 heterocycles. The molecule has 0 aliphatic heterocycles. The third kappa shape index (κ3) is 2.41. The summed E-state index contributed by atoms with van der Waals surface area (Å²) in [4.78, 5) is 15.3. The maximum Gasteiger partial charge on any atom is 0.272 e. The SMILES string of the molecule is Cn1cc(N)cc1C(=O)Nc1ccc(F)nc1. The summed E-state index contributed by atoms with van der Waals surface area (Å²) in [5, 5.41) is 2.60. The second-order valence-electron chi connectivity index (χ2n) is 3.59. The predicted octanol–water partition coefficient (Wildman–Crippen LogP) is 1.39. The molecule has 2 aromatic heterocycles. The molecule has 0 aliphatic carbocycles. The lowest BCUT2D eigenvalue weighted by molar-refractivity contribution is 0.101. The molecule has 0 saturated carbocycles. The Bertz CT molecular complexity index is 547. The van der Waals surface area contributed by atoms with Gasteiger partial charge >= 0.3 is 0 Å². The highest BCUT2D eigenvalue weighted by atomic mass is 19.1. The van der Waals surface area contributed by atoms with E-state index < -0.39 is 5.95 Å². The number of carbonyl (C=O) groups is 1. The molecule has 17 heavy (non-hydrogen) atoms. The van der Waals surface area contributed by atoms with E-state index in [1.54, 1.807) is 23.9 Å². The van der Waals surface area contributed by atoms with Gasteiger partial charge in [0.2, 0.25) is 5.95 Å². The van der Waals surface area contributed by atoms with Crippen molar-refractivity contribution in [1.82, 2.24) is 9.55 Å². The van der Waals surface area contributed by atoms with Gasteiger partial charge in [-0.15, -0.1) is 0 Å². The molecule has 2 rings (SSSR count). The standard InChI is InChI=1S/C11H11FN4O/c1-16-6-7(13)4-9(16)11(17)15-8-2-3-10(12)14-5-8/h2-6H,13H2,1H3,(H,15,17). The molecule has 0 aromatic carbocycles. The van der Waals surface area contributed by atoms with Crippen LogP contribution in [0.4, 0.5) is 15.8 Å². The van der Waals surface area contributed by atoms with Crippen LogP contribution in [-0.4, -0.2) is 15.5 Å². The number of anilines is 2. The van der Waals surface area contributed by atoms with Crippen LogP contribution >= 0.6 is 0 Å². The molecule has 1 amide bonds. The van der Waals surface area contributed by atoms with Gasteiger partial charge in [0.05, 0.1) is 17.6 Å². The molecule has 3 N–H and O–H groups in total. The third-order valence-corrected chi connectivity index (χ3v) is 2.24. The van der Waals surface area contributed by atoms with Gasteiger partial charge < -0.3 is 15.6 Å². The first-order valence-electron chi connectivity index (χ1n) is 4.91. The molecule has 0 spiro atoms. The van der Waals surface area contributed by atoms with Gasteiger partial charge in [0.15, 0.2) is 0 Å². The van der Waals surface area contributed by atoms with Crippen LogP contribution in [0.25, 0.3) is 0 Å². The molecular weight excluding hydrogens is 223 g/mol. The van der Waals surface area contributed by atoms with Crippen LogP contribution in [0, 0.1) is 5.95 Å². The Morgan fingerprint density at radius 1 is 1.53 bits per heavy atom. The van der Waals surface area contributed by atoms with E-state index in [4.69, 9.17) is 5.73 Å². The average Bonchev–Trinajstić information content (AvgIpc) is 2.61. The summed E-state index contributed by atoms with van der Waals surface area (Å²) >= 11 is 0. The van der Waals surface area contributed by atoms with Gasteiger partial charge in [-0.2, -0.15) is 4.39 Å². The summed E-state index contributed by atoms with van der Waals surface area (Å²) in [6.45, 7) is 0. The molecule has 0 fully saturated rings. The van der Waals surface area contributed by atoms with Crippen LogP contribution in [-0.2, 0) is 7.05 Å². The number of hydrogen-bond acceptors (Lipinski definition) is 3. The molecule has 88 valence electrons. The fourth-order valence-electron chi connectivity index (χ4n) is 1.46. The molecule has 0 aliphatic rings. The number of nitrogens with one attached hydrogen (secondary N) is 1. The normalized spacial score (nSPS) is 10.2. The molecule has 6 heteroatoms. The number of nitrogens with two attached hydrogens (primary N) is 1. The molecule has 0 saturated heterocycles. The van der Waals surface area contributed by atoms with Gasteiger partial charge in [-0.25, -0.2) is 4.98 Å². The number of halogens is 1. The highest BCUT2D eigenvalue weighted by Gasteiger charge is 2.11. The Morgan fingerprint density at radius 2 is 2.29 bits per heavy atom. The molecule has 0 unspecified atom stereocenters. The Kier molecular flexibility index (Phi) is 2.78. The highest BCUT2D eigenvalue weighted by Crippen LogP contribution is 2.12. The van der Waals surface area contributed by atoms with Crippen LogP contribution in [0.15, 0.2) is 30.6 Å². The van der Waals surface area contributed by atoms with Gasteiger partial charge in [-0.3, -0.25) is 4.79 Å². The van der Waals surface area contributed by atoms with Crippen LogP contribution in [0.2, 0.25) is 0 Å². The molecule has 0 radical (unpaired) electrons. The second kappa shape index (κ2) is 4.25. The number of hydrogen-bond donors (Lipinski definition) is 2. The van der Waals surface area contributed by atoms with E-state index >= 15 is 0 Å².